The molecule has 0 aromatic heterocycles. The lowest BCUT2D eigenvalue weighted by molar-refractivity contribution is -0.139. The Labute approximate surface area is 203 Å². The molecule has 0 heterocycles. The van der Waals surface area contributed by atoms with Crippen LogP contribution < -0.4 is 9.62 Å². The average Bonchev–Trinajstić information content (AvgIpc) is 2.70. The molecule has 0 fully saturated rings. The first-order valence-corrected chi connectivity index (χ1v) is 12.5. The van der Waals surface area contributed by atoms with Crippen LogP contribution in [0.3, 0.4) is 0 Å². The molecule has 2 rings (SSSR count). The molecule has 0 aliphatic heterocycles. The quantitative estimate of drug-likeness (QED) is 0.572. The van der Waals surface area contributed by atoms with E-state index < -0.39 is 34.4 Å². The van der Waals surface area contributed by atoms with Gasteiger partial charge >= 0.3 is 0 Å². The molecular formula is C21H24Cl3N3O4S. The van der Waals surface area contributed by atoms with Gasteiger partial charge in [0.1, 0.15) is 12.6 Å². The predicted octanol–water partition coefficient (Wildman–Crippen LogP) is 3.88. The first-order valence-electron chi connectivity index (χ1n) is 9.54. The first-order chi connectivity index (χ1) is 14.8. The summed E-state index contributed by atoms with van der Waals surface area (Å²) in [6.45, 7) is 2.73. The van der Waals surface area contributed by atoms with Crippen molar-refractivity contribution in [3.8, 4) is 0 Å². The highest BCUT2D eigenvalue weighted by Crippen LogP contribution is 2.27. The number of sulfonamides is 1. The van der Waals surface area contributed by atoms with E-state index in [9.17, 15) is 18.0 Å². The minimum absolute atomic E-state index is 0.0133. The maximum Gasteiger partial charge on any atom is 0.244 e. The number of carbonyl (C=O) groups excluding carboxylic acids is 2. The number of carbonyl (C=O) groups is 2. The van der Waals surface area contributed by atoms with E-state index in [1.165, 1.54) is 24.1 Å². The van der Waals surface area contributed by atoms with E-state index in [2.05, 4.69) is 5.32 Å². The number of anilines is 1. The van der Waals surface area contributed by atoms with Gasteiger partial charge < -0.3 is 10.2 Å². The average molecular weight is 521 g/mol. The maximum atomic E-state index is 13.3. The third-order valence-corrected chi connectivity index (χ3v) is 6.82. The van der Waals surface area contributed by atoms with Crippen molar-refractivity contribution in [2.45, 2.75) is 26.4 Å². The van der Waals surface area contributed by atoms with Crippen molar-refractivity contribution >= 4 is 62.3 Å². The number of halogens is 3. The third kappa shape index (κ3) is 6.51. The van der Waals surface area contributed by atoms with Crippen LogP contribution >= 0.6 is 34.8 Å². The van der Waals surface area contributed by atoms with Crippen molar-refractivity contribution in [2.24, 2.45) is 0 Å². The van der Waals surface area contributed by atoms with E-state index in [-0.39, 0.29) is 6.54 Å². The molecule has 1 unspecified atom stereocenters. The molecule has 7 nitrogen and oxygen atoms in total. The van der Waals surface area contributed by atoms with Crippen molar-refractivity contribution < 1.29 is 18.0 Å². The molecule has 0 spiro atoms. The van der Waals surface area contributed by atoms with Gasteiger partial charge in [0.15, 0.2) is 0 Å². The van der Waals surface area contributed by atoms with Crippen molar-refractivity contribution in [2.75, 3.05) is 24.2 Å². The van der Waals surface area contributed by atoms with Gasteiger partial charge in [0.2, 0.25) is 21.8 Å². The summed E-state index contributed by atoms with van der Waals surface area (Å²) in [5.74, 6) is -0.982. The highest BCUT2D eigenvalue weighted by molar-refractivity contribution is 7.92. The molecule has 0 radical (unpaired) electrons. The van der Waals surface area contributed by atoms with Gasteiger partial charge in [0.25, 0.3) is 0 Å². The first kappa shape index (κ1) is 26.3. The van der Waals surface area contributed by atoms with Crippen molar-refractivity contribution in [3.63, 3.8) is 0 Å². The molecule has 2 aromatic rings. The molecule has 32 heavy (non-hydrogen) atoms. The summed E-state index contributed by atoms with van der Waals surface area (Å²) >= 11 is 18.2. The van der Waals surface area contributed by atoms with Crippen LogP contribution in [-0.4, -0.2) is 51.0 Å². The maximum absolute atomic E-state index is 13.3. The molecule has 11 heteroatoms. The number of rotatable bonds is 8. The molecule has 0 saturated carbocycles. The van der Waals surface area contributed by atoms with E-state index in [1.807, 2.05) is 0 Å². The fourth-order valence-electron chi connectivity index (χ4n) is 3.12. The standard InChI is InChI=1S/C21H24Cl3N3O4S/c1-13-9-16(22)7-8-19(13)27(32(4,30)31)12-20(28)26(14(2)21(29)25-3)11-15-5-6-17(23)10-18(15)24/h5-10,14H,11-12H2,1-4H3,(H,25,29). The molecule has 0 aliphatic carbocycles. The van der Waals surface area contributed by atoms with Crippen molar-refractivity contribution in [3.05, 3.63) is 62.6 Å². The zero-order chi connectivity index (χ0) is 24.2. The summed E-state index contributed by atoms with van der Waals surface area (Å²) in [7, 11) is -2.37. The summed E-state index contributed by atoms with van der Waals surface area (Å²) < 4.78 is 26.1. The van der Waals surface area contributed by atoms with Crippen LogP contribution in [0.15, 0.2) is 36.4 Å². The number of aryl methyl sites for hydroxylation is 1. The van der Waals surface area contributed by atoms with Crippen LogP contribution in [0.4, 0.5) is 5.69 Å². The monoisotopic (exact) mass is 519 g/mol. The molecule has 1 atom stereocenters. The SMILES string of the molecule is CNC(=O)C(C)N(Cc1ccc(Cl)cc1Cl)C(=O)CN(c1ccc(Cl)cc1C)S(C)(=O)=O. The largest absolute Gasteiger partial charge is 0.357 e. The zero-order valence-electron chi connectivity index (χ0n) is 18.0. The van der Waals surface area contributed by atoms with Crippen molar-refractivity contribution in [1.29, 1.82) is 0 Å². The molecule has 2 amide bonds. The van der Waals surface area contributed by atoms with E-state index in [4.69, 9.17) is 34.8 Å². The molecule has 1 N–H and O–H groups in total. The molecule has 0 bridgehead atoms. The molecule has 0 saturated heterocycles. The summed E-state index contributed by atoms with van der Waals surface area (Å²) in [6.07, 6.45) is 1.01. The van der Waals surface area contributed by atoms with E-state index in [0.29, 0.717) is 31.9 Å². The second-order valence-electron chi connectivity index (χ2n) is 7.25. The normalized spacial score (nSPS) is 12.2. The Hall–Kier alpha value is -2.00. The number of hydrogen-bond donors (Lipinski definition) is 1. The van der Waals surface area contributed by atoms with Gasteiger partial charge in [-0.2, -0.15) is 0 Å². The minimum atomic E-state index is -3.82. The predicted molar refractivity (Wildman–Crippen MR) is 129 cm³/mol. The number of nitrogens with zero attached hydrogens (tertiary/aromatic N) is 2. The Bertz CT molecular complexity index is 1130. The smallest absolute Gasteiger partial charge is 0.244 e. The number of likely N-dealkylation sites (N-methyl/N-ethyl adjacent to an activating group) is 1. The summed E-state index contributed by atoms with van der Waals surface area (Å²) in [5.41, 5.74) is 1.47. The molecule has 174 valence electrons. The second-order valence-corrected chi connectivity index (χ2v) is 10.4. The van der Waals surface area contributed by atoms with E-state index in [0.717, 1.165) is 10.6 Å². The van der Waals surface area contributed by atoms with Crippen molar-refractivity contribution in [1.82, 2.24) is 10.2 Å². The van der Waals surface area contributed by atoms with Gasteiger partial charge in [-0.25, -0.2) is 8.42 Å². The Balaban J connectivity index is 2.45. The number of amides is 2. The van der Waals surface area contributed by atoms with E-state index >= 15 is 0 Å². The van der Waals surface area contributed by atoms with Crippen LogP contribution in [0.2, 0.25) is 15.1 Å². The molecule has 0 aliphatic rings. The Morgan fingerprint density at radius 1 is 1.06 bits per heavy atom. The Morgan fingerprint density at radius 3 is 2.19 bits per heavy atom. The minimum Gasteiger partial charge on any atom is -0.357 e. The van der Waals surface area contributed by atoms with Gasteiger partial charge in [-0.3, -0.25) is 13.9 Å². The lowest BCUT2D eigenvalue weighted by atomic mass is 10.1. The number of hydrogen-bond acceptors (Lipinski definition) is 4. The van der Waals surface area contributed by atoms with Crippen LogP contribution in [0.25, 0.3) is 0 Å². The molecule has 2 aromatic carbocycles. The van der Waals surface area contributed by atoms with Gasteiger partial charge in [0.05, 0.1) is 11.9 Å². The topological polar surface area (TPSA) is 86.8 Å². The fraction of sp³-hybridized carbons (Fsp3) is 0.333. The third-order valence-electron chi connectivity index (χ3n) is 4.88. The van der Waals surface area contributed by atoms with Gasteiger partial charge in [-0.1, -0.05) is 40.9 Å². The van der Waals surface area contributed by atoms with E-state index in [1.54, 1.807) is 38.1 Å². The van der Waals surface area contributed by atoms with Gasteiger partial charge in [-0.15, -0.1) is 0 Å². The van der Waals surface area contributed by atoms with Gasteiger partial charge in [0, 0.05) is 28.7 Å². The highest BCUT2D eigenvalue weighted by atomic mass is 35.5. The van der Waals surface area contributed by atoms with Crippen LogP contribution in [0, 0.1) is 6.92 Å². The number of nitrogens with one attached hydrogen (secondary N) is 1. The second kappa shape index (κ2) is 10.7. The Kier molecular flexibility index (Phi) is 8.82. The lowest BCUT2D eigenvalue weighted by Gasteiger charge is -2.31. The van der Waals surface area contributed by atoms with Gasteiger partial charge in [-0.05, 0) is 55.3 Å². The summed E-state index contributed by atoms with van der Waals surface area (Å²) in [6, 6.07) is 8.62. The zero-order valence-corrected chi connectivity index (χ0v) is 21.1. The Morgan fingerprint density at radius 2 is 1.66 bits per heavy atom. The fourth-order valence-corrected chi connectivity index (χ4v) is 4.72. The summed E-state index contributed by atoms with van der Waals surface area (Å²) in [4.78, 5) is 26.9. The molecular weight excluding hydrogens is 497 g/mol. The lowest BCUT2D eigenvalue weighted by Crippen LogP contribution is -2.50. The summed E-state index contributed by atoms with van der Waals surface area (Å²) in [5, 5.41) is 3.70. The van der Waals surface area contributed by atoms with Crippen LogP contribution in [0.1, 0.15) is 18.1 Å². The van der Waals surface area contributed by atoms with Crippen LogP contribution in [-0.2, 0) is 26.2 Å². The van der Waals surface area contributed by atoms with Crippen LogP contribution in [0.5, 0.6) is 0 Å². The number of benzene rings is 2. The highest BCUT2D eigenvalue weighted by Gasteiger charge is 2.30.